The third-order valence-electron chi connectivity index (χ3n) is 4.58. The Labute approximate surface area is 146 Å². The average molecular weight is 340 g/mol. The van der Waals surface area contributed by atoms with Crippen molar-refractivity contribution in [3.8, 4) is 0 Å². The number of aryl methyl sites for hydroxylation is 1. The molecule has 2 amide bonds. The van der Waals surface area contributed by atoms with Gasteiger partial charge >= 0.3 is 0 Å². The molecule has 1 fully saturated rings. The van der Waals surface area contributed by atoms with Gasteiger partial charge in [-0.1, -0.05) is 29.8 Å². The summed E-state index contributed by atoms with van der Waals surface area (Å²) in [4.78, 5) is 26.4. The van der Waals surface area contributed by atoms with E-state index in [9.17, 15) is 14.0 Å². The molecule has 1 N–H and O–H groups in total. The smallest absolute Gasteiger partial charge is 0.256 e. The fourth-order valence-electron chi connectivity index (χ4n) is 3.03. The standard InChI is InChI=1S/C20H21FN2O2/c1-14-6-8-16(9-7-14)22-19(24)15-10-12-23(13-11-15)20(25)17-4-2-3-5-18(17)21/h2-9,15H,10-13H2,1H3,(H,22,24). The molecular formula is C20H21FN2O2. The first kappa shape index (κ1) is 17.1. The van der Waals surface area contributed by atoms with Gasteiger partial charge in [0.1, 0.15) is 5.82 Å². The van der Waals surface area contributed by atoms with E-state index in [1.165, 1.54) is 12.1 Å². The molecule has 1 aliphatic rings. The van der Waals surface area contributed by atoms with Gasteiger partial charge in [-0.25, -0.2) is 4.39 Å². The van der Waals surface area contributed by atoms with Gasteiger partial charge in [-0.15, -0.1) is 0 Å². The van der Waals surface area contributed by atoms with E-state index in [0.29, 0.717) is 25.9 Å². The van der Waals surface area contributed by atoms with E-state index in [1.807, 2.05) is 31.2 Å². The van der Waals surface area contributed by atoms with Gasteiger partial charge in [0.25, 0.3) is 5.91 Å². The normalized spacial score (nSPS) is 15.0. The van der Waals surface area contributed by atoms with Crippen LogP contribution in [0.5, 0.6) is 0 Å². The molecule has 0 radical (unpaired) electrons. The van der Waals surface area contributed by atoms with Crippen molar-refractivity contribution in [2.45, 2.75) is 19.8 Å². The third-order valence-corrected chi connectivity index (χ3v) is 4.58. The summed E-state index contributed by atoms with van der Waals surface area (Å²) in [6.07, 6.45) is 1.16. The zero-order valence-electron chi connectivity index (χ0n) is 14.2. The molecule has 1 aliphatic heterocycles. The molecule has 130 valence electrons. The van der Waals surface area contributed by atoms with Crippen LogP contribution in [-0.4, -0.2) is 29.8 Å². The molecule has 2 aromatic carbocycles. The summed E-state index contributed by atoms with van der Waals surface area (Å²) in [6.45, 7) is 2.91. The van der Waals surface area contributed by atoms with E-state index in [4.69, 9.17) is 0 Å². The van der Waals surface area contributed by atoms with Crippen molar-refractivity contribution in [1.82, 2.24) is 4.90 Å². The van der Waals surface area contributed by atoms with E-state index in [-0.39, 0.29) is 23.3 Å². The van der Waals surface area contributed by atoms with Crippen molar-refractivity contribution in [2.24, 2.45) is 5.92 Å². The zero-order chi connectivity index (χ0) is 17.8. The summed E-state index contributed by atoms with van der Waals surface area (Å²) < 4.78 is 13.8. The van der Waals surface area contributed by atoms with Crippen LogP contribution in [0.4, 0.5) is 10.1 Å². The Morgan fingerprint density at radius 1 is 1.04 bits per heavy atom. The number of carbonyl (C=O) groups excluding carboxylic acids is 2. The fourth-order valence-corrected chi connectivity index (χ4v) is 3.03. The molecule has 5 heteroatoms. The molecule has 25 heavy (non-hydrogen) atoms. The molecule has 0 atom stereocenters. The maximum atomic E-state index is 13.8. The molecule has 4 nitrogen and oxygen atoms in total. The minimum atomic E-state index is -0.508. The topological polar surface area (TPSA) is 49.4 Å². The van der Waals surface area contributed by atoms with E-state index >= 15 is 0 Å². The summed E-state index contributed by atoms with van der Waals surface area (Å²) >= 11 is 0. The third kappa shape index (κ3) is 4.05. The molecule has 3 rings (SSSR count). The fraction of sp³-hybridized carbons (Fsp3) is 0.300. The van der Waals surface area contributed by atoms with Crippen molar-refractivity contribution < 1.29 is 14.0 Å². The van der Waals surface area contributed by atoms with Crippen LogP contribution in [0.15, 0.2) is 48.5 Å². The molecule has 1 heterocycles. The van der Waals surface area contributed by atoms with Gasteiger partial charge in [-0.05, 0) is 44.0 Å². The maximum absolute atomic E-state index is 13.8. The lowest BCUT2D eigenvalue weighted by Gasteiger charge is -2.31. The molecule has 0 bridgehead atoms. The lowest BCUT2D eigenvalue weighted by atomic mass is 9.95. The summed E-state index contributed by atoms with van der Waals surface area (Å²) in [6, 6.07) is 13.7. The number of likely N-dealkylation sites (tertiary alicyclic amines) is 1. The van der Waals surface area contributed by atoms with E-state index < -0.39 is 5.82 Å². The maximum Gasteiger partial charge on any atom is 0.256 e. The summed E-state index contributed by atoms with van der Waals surface area (Å²) in [5.41, 5.74) is 2.00. The number of halogens is 1. The van der Waals surface area contributed by atoms with E-state index in [1.54, 1.807) is 17.0 Å². The number of amides is 2. The highest BCUT2D eigenvalue weighted by Crippen LogP contribution is 2.22. The Kier molecular flexibility index (Phi) is 5.12. The Morgan fingerprint density at radius 2 is 1.68 bits per heavy atom. The van der Waals surface area contributed by atoms with Crippen molar-refractivity contribution in [3.63, 3.8) is 0 Å². The first-order chi connectivity index (χ1) is 12.0. The van der Waals surface area contributed by atoms with Gasteiger partial charge in [0.05, 0.1) is 5.56 Å². The minimum Gasteiger partial charge on any atom is -0.339 e. The van der Waals surface area contributed by atoms with Gasteiger partial charge < -0.3 is 10.2 Å². The zero-order valence-corrected chi connectivity index (χ0v) is 14.2. The number of anilines is 1. The van der Waals surface area contributed by atoms with Crippen LogP contribution in [0.25, 0.3) is 0 Å². The van der Waals surface area contributed by atoms with Crippen LogP contribution in [-0.2, 0) is 4.79 Å². The highest BCUT2D eigenvalue weighted by molar-refractivity contribution is 5.95. The van der Waals surface area contributed by atoms with Gasteiger partial charge in [-0.3, -0.25) is 9.59 Å². The first-order valence-electron chi connectivity index (χ1n) is 8.46. The Hall–Kier alpha value is -2.69. The number of nitrogens with zero attached hydrogens (tertiary/aromatic N) is 1. The van der Waals surface area contributed by atoms with E-state index in [2.05, 4.69) is 5.32 Å². The average Bonchev–Trinajstić information content (AvgIpc) is 2.63. The first-order valence-corrected chi connectivity index (χ1v) is 8.46. The summed E-state index contributed by atoms with van der Waals surface area (Å²) in [5, 5.41) is 2.92. The van der Waals surface area contributed by atoms with Gasteiger partial charge in [-0.2, -0.15) is 0 Å². The largest absolute Gasteiger partial charge is 0.339 e. The number of hydrogen-bond donors (Lipinski definition) is 1. The van der Waals surface area contributed by atoms with Crippen molar-refractivity contribution >= 4 is 17.5 Å². The quantitative estimate of drug-likeness (QED) is 0.928. The van der Waals surface area contributed by atoms with Crippen molar-refractivity contribution in [2.75, 3.05) is 18.4 Å². The van der Waals surface area contributed by atoms with Crippen LogP contribution in [0.1, 0.15) is 28.8 Å². The number of hydrogen-bond acceptors (Lipinski definition) is 2. The molecule has 0 unspecified atom stereocenters. The monoisotopic (exact) mass is 340 g/mol. The second-order valence-electron chi connectivity index (χ2n) is 6.40. The number of nitrogens with one attached hydrogen (secondary N) is 1. The molecule has 0 aromatic heterocycles. The van der Waals surface area contributed by atoms with Crippen molar-refractivity contribution in [3.05, 3.63) is 65.5 Å². The Morgan fingerprint density at radius 3 is 2.32 bits per heavy atom. The van der Waals surface area contributed by atoms with Gasteiger partial charge in [0, 0.05) is 24.7 Å². The van der Waals surface area contributed by atoms with Crippen LogP contribution in [0.3, 0.4) is 0 Å². The number of rotatable bonds is 3. The lowest BCUT2D eigenvalue weighted by molar-refractivity contribution is -0.121. The number of piperidine rings is 1. The van der Waals surface area contributed by atoms with Crippen molar-refractivity contribution in [1.29, 1.82) is 0 Å². The molecule has 0 aliphatic carbocycles. The van der Waals surface area contributed by atoms with Gasteiger partial charge in [0.2, 0.25) is 5.91 Å². The predicted molar refractivity (Wildman–Crippen MR) is 94.8 cm³/mol. The Bertz CT molecular complexity index is 766. The van der Waals surface area contributed by atoms with Gasteiger partial charge in [0.15, 0.2) is 0 Å². The Balaban J connectivity index is 1.56. The predicted octanol–water partition coefficient (Wildman–Crippen LogP) is 3.63. The summed E-state index contributed by atoms with van der Waals surface area (Å²) in [7, 11) is 0. The second kappa shape index (κ2) is 7.47. The number of carbonyl (C=O) groups is 2. The second-order valence-corrected chi connectivity index (χ2v) is 6.40. The molecule has 2 aromatic rings. The highest BCUT2D eigenvalue weighted by Gasteiger charge is 2.28. The van der Waals surface area contributed by atoms with Crippen LogP contribution in [0.2, 0.25) is 0 Å². The highest BCUT2D eigenvalue weighted by atomic mass is 19.1. The number of benzene rings is 2. The minimum absolute atomic E-state index is 0.0261. The molecule has 1 saturated heterocycles. The van der Waals surface area contributed by atoms with Crippen LogP contribution < -0.4 is 5.32 Å². The van der Waals surface area contributed by atoms with Crippen LogP contribution >= 0.6 is 0 Å². The molecule has 0 saturated carbocycles. The van der Waals surface area contributed by atoms with E-state index in [0.717, 1.165) is 11.3 Å². The summed E-state index contributed by atoms with van der Waals surface area (Å²) in [5.74, 6) is -0.977. The molecular weight excluding hydrogens is 319 g/mol. The molecule has 0 spiro atoms. The SMILES string of the molecule is Cc1ccc(NC(=O)C2CCN(C(=O)c3ccccc3F)CC2)cc1. The van der Waals surface area contributed by atoms with Crippen LogP contribution in [0, 0.1) is 18.7 Å². The lowest BCUT2D eigenvalue weighted by Crippen LogP contribution is -2.41.